The van der Waals surface area contributed by atoms with Gasteiger partial charge in [-0.1, -0.05) is 38.1 Å². The molecule has 2 atom stereocenters. The second kappa shape index (κ2) is 6.77. The molecule has 0 spiro atoms. The van der Waals surface area contributed by atoms with E-state index in [0.717, 1.165) is 13.1 Å². The van der Waals surface area contributed by atoms with E-state index in [0.29, 0.717) is 6.04 Å². The van der Waals surface area contributed by atoms with Gasteiger partial charge in [0.25, 0.3) is 0 Å². The van der Waals surface area contributed by atoms with E-state index in [-0.39, 0.29) is 6.04 Å². The summed E-state index contributed by atoms with van der Waals surface area (Å²) < 4.78 is 0. The van der Waals surface area contributed by atoms with Crippen LogP contribution in [0.4, 0.5) is 0 Å². The molecule has 17 heavy (non-hydrogen) atoms. The highest BCUT2D eigenvalue weighted by atomic mass is 15.2. The third kappa shape index (κ3) is 3.55. The van der Waals surface area contributed by atoms with E-state index < -0.39 is 0 Å². The van der Waals surface area contributed by atoms with Crippen molar-refractivity contribution in [1.29, 1.82) is 0 Å². The third-order valence-corrected chi connectivity index (χ3v) is 3.32. The lowest BCUT2D eigenvalue weighted by Gasteiger charge is -2.34. The van der Waals surface area contributed by atoms with Crippen molar-refractivity contribution < 1.29 is 0 Å². The Morgan fingerprint density at radius 2 is 1.88 bits per heavy atom. The molecular formula is C15H26N2. The summed E-state index contributed by atoms with van der Waals surface area (Å²) in [6.07, 6.45) is 1.17. The van der Waals surface area contributed by atoms with Crippen LogP contribution >= 0.6 is 0 Å². The minimum absolute atomic E-state index is 0.155. The first-order chi connectivity index (χ1) is 8.11. The predicted octanol–water partition coefficient (Wildman–Crippen LogP) is 3.12. The van der Waals surface area contributed by atoms with Gasteiger partial charge in [0.1, 0.15) is 0 Å². The summed E-state index contributed by atoms with van der Waals surface area (Å²) >= 11 is 0. The SMILES string of the molecule is CCCN(CC)C(c1ccccc1C)C(C)N. The minimum atomic E-state index is 0.155. The van der Waals surface area contributed by atoms with Crippen molar-refractivity contribution in [2.24, 2.45) is 5.73 Å². The van der Waals surface area contributed by atoms with Crippen molar-refractivity contribution in [2.45, 2.75) is 46.2 Å². The molecule has 2 N–H and O–H groups in total. The van der Waals surface area contributed by atoms with E-state index in [4.69, 9.17) is 5.73 Å². The summed E-state index contributed by atoms with van der Waals surface area (Å²) in [5, 5.41) is 0. The fourth-order valence-corrected chi connectivity index (χ4v) is 2.51. The van der Waals surface area contributed by atoms with Gasteiger partial charge in [-0.05, 0) is 44.5 Å². The monoisotopic (exact) mass is 234 g/mol. The molecule has 2 nitrogen and oxygen atoms in total. The summed E-state index contributed by atoms with van der Waals surface area (Å²) in [6.45, 7) is 10.9. The van der Waals surface area contributed by atoms with Crippen molar-refractivity contribution in [3.8, 4) is 0 Å². The minimum Gasteiger partial charge on any atom is -0.326 e. The van der Waals surface area contributed by atoms with Gasteiger partial charge in [0, 0.05) is 12.1 Å². The van der Waals surface area contributed by atoms with Crippen molar-refractivity contribution in [1.82, 2.24) is 4.90 Å². The fraction of sp³-hybridized carbons (Fsp3) is 0.600. The zero-order chi connectivity index (χ0) is 12.8. The smallest absolute Gasteiger partial charge is 0.0498 e. The first kappa shape index (κ1) is 14.2. The summed E-state index contributed by atoms with van der Waals surface area (Å²) in [4.78, 5) is 2.48. The molecule has 2 unspecified atom stereocenters. The van der Waals surface area contributed by atoms with Gasteiger partial charge < -0.3 is 5.73 Å². The molecule has 0 aliphatic heterocycles. The lowest BCUT2D eigenvalue weighted by atomic mass is 9.95. The van der Waals surface area contributed by atoms with Crippen LogP contribution in [0.5, 0.6) is 0 Å². The molecule has 0 radical (unpaired) electrons. The number of likely N-dealkylation sites (N-methyl/N-ethyl adjacent to an activating group) is 1. The van der Waals surface area contributed by atoms with Crippen LogP contribution in [0.2, 0.25) is 0 Å². The highest BCUT2D eigenvalue weighted by Gasteiger charge is 2.23. The van der Waals surface area contributed by atoms with Crippen molar-refractivity contribution >= 4 is 0 Å². The van der Waals surface area contributed by atoms with E-state index in [1.165, 1.54) is 17.5 Å². The van der Waals surface area contributed by atoms with Gasteiger partial charge in [0.15, 0.2) is 0 Å². The number of nitrogens with zero attached hydrogens (tertiary/aromatic N) is 1. The molecule has 0 bridgehead atoms. The standard InChI is InChI=1S/C15H26N2/c1-5-11-17(6-2)15(13(4)16)14-10-8-7-9-12(14)3/h7-10,13,15H,5-6,11,16H2,1-4H3. The first-order valence-electron chi connectivity index (χ1n) is 6.66. The molecule has 0 saturated carbocycles. The van der Waals surface area contributed by atoms with Gasteiger partial charge in [-0.15, -0.1) is 0 Å². The Morgan fingerprint density at radius 3 is 2.35 bits per heavy atom. The molecule has 96 valence electrons. The lowest BCUT2D eigenvalue weighted by Crippen LogP contribution is -2.40. The normalized spacial score (nSPS) is 14.9. The van der Waals surface area contributed by atoms with Gasteiger partial charge in [-0.2, -0.15) is 0 Å². The Bertz CT molecular complexity index is 333. The number of hydrogen-bond acceptors (Lipinski definition) is 2. The molecule has 1 rings (SSSR count). The Labute approximate surface area is 106 Å². The average molecular weight is 234 g/mol. The number of benzene rings is 1. The number of hydrogen-bond donors (Lipinski definition) is 1. The topological polar surface area (TPSA) is 29.3 Å². The van der Waals surface area contributed by atoms with Crippen LogP contribution in [-0.4, -0.2) is 24.0 Å². The second-order valence-electron chi connectivity index (χ2n) is 4.79. The highest BCUT2D eigenvalue weighted by molar-refractivity contribution is 5.29. The van der Waals surface area contributed by atoms with Crippen LogP contribution in [0.3, 0.4) is 0 Å². The van der Waals surface area contributed by atoms with Gasteiger partial charge in [-0.3, -0.25) is 4.90 Å². The Balaban J connectivity index is 3.04. The largest absolute Gasteiger partial charge is 0.326 e. The quantitative estimate of drug-likeness (QED) is 0.819. The summed E-state index contributed by atoms with van der Waals surface area (Å²) in [5.74, 6) is 0. The van der Waals surface area contributed by atoms with E-state index in [1.807, 2.05) is 0 Å². The number of aryl methyl sites for hydroxylation is 1. The average Bonchev–Trinajstić information content (AvgIpc) is 2.30. The van der Waals surface area contributed by atoms with Crippen LogP contribution in [0.1, 0.15) is 44.4 Å². The molecule has 0 heterocycles. The van der Waals surface area contributed by atoms with Crippen LogP contribution in [0.15, 0.2) is 24.3 Å². The highest BCUT2D eigenvalue weighted by Crippen LogP contribution is 2.26. The molecular weight excluding hydrogens is 208 g/mol. The first-order valence-corrected chi connectivity index (χ1v) is 6.66. The Morgan fingerprint density at radius 1 is 1.24 bits per heavy atom. The van der Waals surface area contributed by atoms with Crippen LogP contribution in [-0.2, 0) is 0 Å². The molecule has 0 fully saturated rings. The molecule has 0 amide bonds. The van der Waals surface area contributed by atoms with Crippen molar-refractivity contribution in [3.05, 3.63) is 35.4 Å². The van der Waals surface area contributed by atoms with Crippen molar-refractivity contribution in [3.63, 3.8) is 0 Å². The maximum absolute atomic E-state index is 6.20. The molecule has 0 aliphatic rings. The summed E-state index contributed by atoms with van der Waals surface area (Å²) in [5.41, 5.74) is 8.91. The Hall–Kier alpha value is -0.860. The molecule has 1 aromatic carbocycles. The molecule has 0 saturated heterocycles. The number of nitrogens with two attached hydrogens (primary N) is 1. The summed E-state index contributed by atoms with van der Waals surface area (Å²) in [6, 6.07) is 9.07. The van der Waals surface area contributed by atoms with E-state index >= 15 is 0 Å². The van der Waals surface area contributed by atoms with Crippen molar-refractivity contribution in [2.75, 3.05) is 13.1 Å². The number of rotatable bonds is 6. The zero-order valence-electron chi connectivity index (χ0n) is 11.6. The third-order valence-electron chi connectivity index (χ3n) is 3.32. The Kier molecular flexibility index (Phi) is 5.66. The summed E-state index contributed by atoms with van der Waals surface area (Å²) in [7, 11) is 0. The maximum Gasteiger partial charge on any atom is 0.0498 e. The fourth-order valence-electron chi connectivity index (χ4n) is 2.51. The van der Waals surface area contributed by atoms with Gasteiger partial charge in [0.2, 0.25) is 0 Å². The van der Waals surface area contributed by atoms with Crippen LogP contribution in [0, 0.1) is 6.92 Å². The van der Waals surface area contributed by atoms with E-state index in [9.17, 15) is 0 Å². The van der Waals surface area contributed by atoms with Gasteiger partial charge >= 0.3 is 0 Å². The maximum atomic E-state index is 6.20. The zero-order valence-corrected chi connectivity index (χ0v) is 11.6. The molecule has 2 heteroatoms. The molecule has 1 aromatic rings. The van der Waals surface area contributed by atoms with Crippen LogP contribution < -0.4 is 5.73 Å². The predicted molar refractivity (Wildman–Crippen MR) is 75.1 cm³/mol. The van der Waals surface area contributed by atoms with Gasteiger partial charge in [0.05, 0.1) is 0 Å². The lowest BCUT2D eigenvalue weighted by molar-refractivity contribution is 0.185. The second-order valence-corrected chi connectivity index (χ2v) is 4.79. The van der Waals surface area contributed by atoms with Crippen LogP contribution in [0.25, 0.3) is 0 Å². The molecule has 0 aliphatic carbocycles. The van der Waals surface area contributed by atoms with E-state index in [2.05, 4.69) is 56.9 Å². The molecule has 0 aromatic heterocycles. The van der Waals surface area contributed by atoms with E-state index in [1.54, 1.807) is 0 Å². The van der Waals surface area contributed by atoms with Gasteiger partial charge in [-0.25, -0.2) is 0 Å².